The molecule has 0 spiro atoms. The molecule has 128 valence electrons. The van der Waals surface area contributed by atoms with E-state index < -0.39 is 0 Å². The van der Waals surface area contributed by atoms with Gasteiger partial charge in [-0.05, 0) is 38.3 Å². The topological polar surface area (TPSA) is 29.5 Å². The maximum atomic E-state index is 12.1. The van der Waals surface area contributed by atoms with Crippen LogP contribution in [0.1, 0.15) is 37.7 Å². The fourth-order valence-electron chi connectivity index (χ4n) is 2.46. The predicted molar refractivity (Wildman–Crippen MR) is 101 cm³/mol. The highest BCUT2D eigenvalue weighted by Gasteiger charge is 2.16. The monoisotopic (exact) mass is 353 g/mol. The van der Waals surface area contributed by atoms with Gasteiger partial charge in [-0.2, -0.15) is 0 Å². The van der Waals surface area contributed by atoms with E-state index in [2.05, 4.69) is 6.92 Å². The molecule has 1 aromatic carbocycles. The molecule has 0 N–H and O–H groups in total. The van der Waals surface area contributed by atoms with Crippen molar-refractivity contribution in [2.24, 2.45) is 0 Å². The summed E-state index contributed by atoms with van der Waals surface area (Å²) in [6, 6.07) is 8.00. The first kappa shape index (κ1) is 18.5. The van der Waals surface area contributed by atoms with Crippen LogP contribution in [0.5, 0.6) is 5.75 Å². The van der Waals surface area contributed by atoms with E-state index in [-0.39, 0.29) is 5.91 Å². The highest BCUT2D eigenvalue weighted by Crippen LogP contribution is 2.39. The maximum absolute atomic E-state index is 12.1. The second-order valence-electron chi connectivity index (χ2n) is 6.05. The molecule has 1 fully saturated rings. The van der Waals surface area contributed by atoms with E-state index in [9.17, 15) is 4.79 Å². The van der Waals surface area contributed by atoms with Gasteiger partial charge >= 0.3 is 0 Å². The molecule has 0 bridgehead atoms. The van der Waals surface area contributed by atoms with Crippen molar-refractivity contribution in [3.8, 4) is 5.75 Å². The summed E-state index contributed by atoms with van der Waals surface area (Å²) < 4.78 is 5.68. The molecule has 23 heavy (non-hydrogen) atoms. The zero-order chi connectivity index (χ0) is 16.5. The average Bonchev–Trinajstić information content (AvgIpc) is 3.06. The molecule has 5 heteroatoms. The van der Waals surface area contributed by atoms with Gasteiger partial charge in [0, 0.05) is 24.5 Å². The Morgan fingerprint density at radius 1 is 1.30 bits per heavy atom. The summed E-state index contributed by atoms with van der Waals surface area (Å²) in [5.74, 6) is 2.38. The van der Waals surface area contributed by atoms with Crippen molar-refractivity contribution in [3.63, 3.8) is 0 Å². The Kier molecular flexibility index (Phi) is 8.17. The molecule has 1 unspecified atom stereocenters. The molecule has 1 heterocycles. The van der Waals surface area contributed by atoms with Crippen molar-refractivity contribution in [2.45, 2.75) is 44.3 Å². The van der Waals surface area contributed by atoms with E-state index >= 15 is 0 Å². The lowest BCUT2D eigenvalue weighted by atomic mass is 10.1. The molecule has 1 saturated heterocycles. The molecule has 1 aliphatic heterocycles. The third kappa shape index (κ3) is 7.08. The molecule has 1 atom stereocenters. The minimum absolute atomic E-state index is 0.228. The number of hydrogen-bond acceptors (Lipinski definition) is 4. The smallest absolute Gasteiger partial charge is 0.222 e. The molecule has 1 aliphatic rings. The van der Waals surface area contributed by atoms with Crippen LogP contribution < -0.4 is 4.74 Å². The number of benzene rings is 1. The van der Waals surface area contributed by atoms with Crippen LogP contribution in [-0.4, -0.2) is 42.0 Å². The van der Waals surface area contributed by atoms with Crippen molar-refractivity contribution in [3.05, 3.63) is 29.8 Å². The second-order valence-corrected chi connectivity index (χ2v) is 8.84. The van der Waals surface area contributed by atoms with Gasteiger partial charge in [-0.15, -0.1) is 0 Å². The number of likely N-dealkylation sites (N-methyl/N-ethyl adjacent to an activating group) is 1. The van der Waals surface area contributed by atoms with Gasteiger partial charge in [0.25, 0.3) is 0 Å². The lowest BCUT2D eigenvalue weighted by Gasteiger charge is -2.17. The molecule has 0 saturated carbocycles. The quantitative estimate of drug-likeness (QED) is 0.481. The van der Waals surface area contributed by atoms with E-state index in [4.69, 9.17) is 4.74 Å². The van der Waals surface area contributed by atoms with Gasteiger partial charge < -0.3 is 9.64 Å². The van der Waals surface area contributed by atoms with Crippen LogP contribution in [0.2, 0.25) is 0 Å². The Balaban J connectivity index is 1.54. The summed E-state index contributed by atoms with van der Waals surface area (Å²) >= 11 is 0. The normalized spacial score (nSPS) is 17.2. The molecule has 0 aromatic heterocycles. The van der Waals surface area contributed by atoms with Gasteiger partial charge in [0.15, 0.2) is 0 Å². The van der Waals surface area contributed by atoms with Crippen LogP contribution in [0.25, 0.3) is 0 Å². The Bertz CT molecular complexity index is 472. The fourth-order valence-corrected chi connectivity index (χ4v) is 5.49. The summed E-state index contributed by atoms with van der Waals surface area (Å²) in [6.07, 6.45) is 5.41. The number of unbranched alkanes of at least 4 members (excludes halogenated alkanes) is 1. The van der Waals surface area contributed by atoms with Gasteiger partial charge in [-0.1, -0.05) is 45.7 Å². The Hall–Kier alpha value is -0.810. The van der Waals surface area contributed by atoms with Crippen LogP contribution in [0.4, 0.5) is 0 Å². The van der Waals surface area contributed by atoms with Gasteiger partial charge in [0.05, 0.1) is 6.54 Å². The molecule has 0 aliphatic carbocycles. The fraction of sp³-hybridized carbons (Fsp3) is 0.611. The van der Waals surface area contributed by atoms with Crippen molar-refractivity contribution >= 4 is 27.5 Å². The van der Waals surface area contributed by atoms with Gasteiger partial charge in [0.2, 0.25) is 5.91 Å². The van der Waals surface area contributed by atoms with Crippen LogP contribution in [-0.2, 0) is 4.79 Å². The molecule has 3 nitrogen and oxygen atoms in total. The predicted octanol–water partition coefficient (Wildman–Crippen LogP) is 4.55. The third-order valence-electron chi connectivity index (χ3n) is 4.04. The van der Waals surface area contributed by atoms with Gasteiger partial charge in [-0.25, -0.2) is 0 Å². The number of amides is 1. The zero-order valence-corrected chi connectivity index (χ0v) is 15.8. The van der Waals surface area contributed by atoms with Crippen molar-refractivity contribution in [1.82, 2.24) is 4.90 Å². The molecular formula is C18H27NO2S2. The van der Waals surface area contributed by atoms with Crippen molar-refractivity contribution in [1.29, 1.82) is 0 Å². The van der Waals surface area contributed by atoms with E-state index in [1.807, 2.05) is 52.9 Å². The van der Waals surface area contributed by atoms with E-state index in [1.54, 1.807) is 4.90 Å². The van der Waals surface area contributed by atoms with E-state index in [0.29, 0.717) is 19.6 Å². The molecule has 1 aromatic rings. The SMILES string of the molecule is Cc1ccc(OCCN(C)C(=O)CCCCC2CCSS2)cc1. The number of hydrogen-bond donors (Lipinski definition) is 0. The van der Waals surface area contributed by atoms with E-state index in [0.717, 1.165) is 23.8 Å². The molecule has 0 radical (unpaired) electrons. The van der Waals surface area contributed by atoms with Gasteiger partial charge in [-0.3, -0.25) is 4.79 Å². The number of aryl methyl sites for hydroxylation is 1. The summed E-state index contributed by atoms with van der Waals surface area (Å²) in [5.41, 5.74) is 1.22. The number of rotatable bonds is 9. The van der Waals surface area contributed by atoms with Crippen LogP contribution in [0.15, 0.2) is 24.3 Å². The van der Waals surface area contributed by atoms with Crippen LogP contribution in [0, 0.1) is 6.92 Å². The summed E-state index contributed by atoms with van der Waals surface area (Å²) in [5, 5.41) is 0.816. The Morgan fingerprint density at radius 3 is 2.78 bits per heavy atom. The highest BCUT2D eigenvalue weighted by atomic mass is 33.1. The number of ether oxygens (including phenoxy) is 1. The molecule has 1 amide bonds. The average molecular weight is 354 g/mol. The maximum Gasteiger partial charge on any atom is 0.222 e. The van der Waals surface area contributed by atoms with Crippen molar-refractivity contribution < 1.29 is 9.53 Å². The zero-order valence-electron chi connectivity index (χ0n) is 14.1. The number of carbonyl (C=O) groups excluding carboxylic acids is 1. The Morgan fingerprint density at radius 2 is 2.09 bits per heavy atom. The standard InChI is InChI=1S/C18H27NO2S2/c1-15-7-9-16(10-8-15)21-13-12-19(2)18(20)6-4-3-5-17-11-14-22-23-17/h7-10,17H,3-6,11-14H2,1-2H3. The molecule has 2 rings (SSSR count). The first-order valence-electron chi connectivity index (χ1n) is 8.37. The Labute approximate surface area is 147 Å². The second kappa shape index (κ2) is 10.1. The van der Waals surface area contributed by atoms with Crippen molar-refractivity contribution in [2.75, 3.05) is 26.0 Å². The summed E-state index contributed by atoms with van der Waals surface area (Å²) in [7, 11) is 5.87. The first-order chi connectivity index (χ1) is 11.1. The molecular weight excluding hydrogens is 326 g/mol. The lowest BCUT2D eigenvalue weighted by Crippen LogP contribution is -2.30. The summed E-state index contributed by atoms with van der Waals surface area (Å²) in [6.45, 7) is 3.24. The minimum atomic E-state index is 0.228. The van der Waals surface area contributed by atoms with Crippen LogP contribution in [0.3, 0.4) is 0 Å². The number of nitrogens with zero attached hydrogens (tertiary/aromatic N) is 1. The first-order valence-corrected chi connectivity index (χ1v) is 10.7. The highest BCUT2D eigenvalue weighted by molar-refractivity contribution is 8.77. The van der Waals surface area contributed by atoms with E-state index in [1.165, 1.54) is 24.2 Å². The number of carbonyl (C=O) groups is 1. The van der Waals surface area contributed by atoms with Gasteiger partial charge in [0.1, 0.15) is 12.4 Å². The minimum Gasteiger partial charge on any atom is -0.492 e. The summed E-state index contributed by atoms with van der Waals surface area (Å²) in [4.78, 5) is 13.9. The third-order valence-corrected chi connectivity index (χ3v) is 7.04. The largest absolute Gasteiger partial charge is 0.492 e. The van der Waals surface area contributed by atoms with Crippen LogP contribution >= 0.6 is 21.6 Å². The lowest BCUT2D eigenvalue weighted by molar-refractivity contribution is -0.130.